The summed E-state index contributed by atoms with van der Waals surface area (Å²) in [6.45, 7) is 1.96. The van der Waals surface area contributed by atoms with Crippen molar-refractivity contribution in [2.24, 2.45) is 5.73 Å². The van der Waals surface area contributed by atoms with Crippen LogP contribution in [0.3, 0.4) is 0 Å². The Morgan fingerprint density at radius 2 is 2.21 bits per heavy atom. The van der Waals surface area contributed by atoms with Crippen LogP contribution in [0.1, 0.15) is 18.9 Å². The monoisotopic (exact) mass is 197 g/mol. The first-order valence-electron chi connectivity index (χ1n) is 4.71. The largest absolute Gasteiger partial charge is 0.494 e. The molecule has 78 valence electrons. The smallest absolute Gasteiger partial charge is 0.165 e. The minimum atomic E-state index is -0.322. The van der Waals surface area contributed by atoms with Gasteiger partial charge in [-0.15, -0.1) is 0 Å². The molecule has 0 unspecified atom stereocenters. The second kappa shape index (κ2) is 4.96. The van der Waals surface area contributed by atoms with Gasteiger partial charge in [-0.1, -0.05) is 6.07 Å². The summed E-state index contributed by atoms with van der Waals surface area (Å²) in [5.74, 6) is -0.0239. The summed E-state index contributed by atoms with van der Waals surface area (Å²) in [6, 6.07) is 5.08. The summed E-state index contributed by atoms with van der Waals surface area (Å²) < 4.78 is 17.9. The molecule has 0 aromatic heterocycles. The number of aryl methyl sites for hydroxylation is 1. The molecule has 0 aliphatic rings. The maximum Gasteiger partial charge on any atom is 0.165 e. The van der Waals surface area contributed by atoms with Crippen molar-refractivity contribution in [1.29, 1.82) is 0 Å². The number of halogens is 1. The molecule has 0 saturated carbocycles. The zero-order valence-electron chi connectivity index (χ0n) is 8.59. The van der Waals surface area contributed by atoms with Gasteiger partial charge in [0.2, 0.25) is 0 Å². The molecule has 0 aliphatic carbocycles. The van der Waals surface area contributed by atoms with Gasteiger partial charge in [-0.05, 0) is 37.5 Å². The number of hydrogen-bond acceptors (Lipinski definition) is 2. The minimum Gasteiger partial charge on any atom is -0.494 e. The average Bonchev–Trinajstić information content (AvgIpc) is 2.16. The zero-order valence-corrected chi connectivity index (χ0v) is 8.59. The third kappa shape index (κ3) is 3.00. The maximum atomic E-state index is 13.0. The summed E-state index contributed by atoms with van der Waals surface area (Å²) in [4.78, 5) is 0. The standard InChI is InChI=1S/C11H16FNO/c1-8(13)3-4-9-5-6-10(12)11(7-9)14-2/h5-8H,3-4,13H2,1-2H3/t8-/m1/s1. The molecule has 2 nitrogen and oxygen atoms in total. The number of rotatable bonds is 4. The third-order valence-electron chi connectivity index (χ3n) is 2.10. The lowest BCUT2D eigenvalue weighted by atomic mass is 10.1. The van der Waals surface area contributed by atoms with Gasteiger partial charge in [0.05, 0.1) is 7.11 Å². The van der Waals surface area contributed by atoms with Crippen molar-refractivity contribution in [1.82, 2.24) is 0 Å². The third-order valence-corrected chi connectivity index (χ3v) is 2.10. The van der Waals surface area contributed by atoms with Crippen LogP contribution in [0.15, 0.2) is 18.2 Å². The quantitative estimate of drug-likeness (QED) is 0.802. The number of nitrogens with two attached hydrogens (primary N) is 1. The van der Waals surface area contributed by atoms with E-state index in [9.17, 15) is 4.39 Å². The second-order valence-electron chi connectivity index (χ2n) is 3.48. The van der Waals surface area contributed by atoms with Crippen molar-refractivity contribution in [2.45, 2.75) is 25.8 Å². The Bertz CT molecular complexity index is 299. The van der Waals surface area contributed by atoms with Gasteiger partial charge in [-0.2, -0.15) is 0 Å². The summed E-state index contributed by atoms with van der Waals surface area (Å²) in [7, 11) is 1.47. The zero-order chi connectivity index (χ0) is 10.6. The highest BCUT2D eigenvalue weighted by molar-refractivity contribution is 5.30. The van der Waals surface area contributed by atoms with Gasteiger partial charge in [0, 0.05) is 6.04 Å². The van der Waals surface area contributed by atoms with Crippen LogP contribution in [0.25, 0.3) is 0 Å². The number of ether oxygens (including phenoxy) is 1. The molecule has 0 fully saturated rings. The summed E-state index contributed by atoms with van der Waals surface area (Å²) in [6.07, 6.45) is 1.75. The van der Waals surface area contributed by atoms with Crippen molar-refractivity contribution in [3.8, 4) is 5.75 Å². The molecule has 14 heavy (non-hydrogen) atoms. The maximum absolute atomic E-state index is 13.0. The van der Waals surface area contributed by atoms with Crippen LogP contribution in [0.4, 0.5) is 4.39 Å². The lowest BCUT2D eigenvalue weighted by Gasteiger charge is -2.07. The van der Waals surface area contributed by atoms with Gasteiger partial charge in [0.15, 0.2) is 11.6 Å². The predicted molar refractivity (Wildman–Crippen MR) is 54.9 cm³/mol. The highest BCUT2D eigenvalue weighted by atomic mass is 19.1. The Hall–Kier alpha value is -1.09. The molecule has 1 rings (SSSR count). The van der Waals surface area contributed by atoms with E-state index in [4.69, 9.17) is 10.5 Å². The van der Waals surface area contributed by atoms with Crippen LogP contribution in [0, 0.1) is 5.82 Å². The van der Waals surface area contributed by atoms with E-state index in [0.717, 1.165) is 18.4 Å². The van der Waals surface area contributed by atoms with E-state index >= 15 is 0 Å². The lowest BCUT2D eigenvalue weighted by molar-refractivity contribution is 0.386. The Morgan fingerprint density at radius 3 is 2.79 bits per heavy atom. The molecule has 0 heterocycles. The van der Waals surface area contributed by atoms with Crippen molar-refractivity contribution < 1.29 is 9.13 Å². The van der Waals surface area contributed by atoms with E-state index in [1.54, 1.807) is 12.1 Å². The van der Waals surface area contributed by atoms with E-state index in [1.165, 1.54) is 13.2 Å². The van der Waals surface area contributed by atoms with Crippen LogP contribution in [-0.2, 0) is 6.42 Å². The predicted octanol–water partition coefficient (Wildman–Crippen LogP) is 2.11. The molecule has 0 amide bonds. The number of methoxy groups -OCH3 is 1. The summed E-state index contributed by atoms with van der Waals surface area (Å²) >= 11 is 0. The second-order valence-corrected chi connectivity index (χ2v) is 3.48. The fourth-order valence-corrected chi connectivity index (χ4v) is 1.25. The van der Waals surface area contributed by atoms with E-state index < -0.39 is 0 Å². The van der Waals surface area contributed by atoms with E-state index in [-0.39, 0.29) is 11.9 Å². The van der Waals surface area contributed by atoms with Crippen LogP contribution in [0.5, 0.6) is 5.75 Å². The molecule has 0 spiro atoms. The lowest BCUT2D eigenvalue weighted by Crippen LogP contribution is -2.15. The van der Waals surface area contributed by atoms with Gasteiger partial charge in [-0.3, -0.25) is 0 Å². The fraction of sp³-hybridized carbons (Fsp3) is 0.455. The van der Waals surface area contributed by atoms with Crippen molar-refractivity contribution in [3.05, 3.63) is 29.6 Å². The van der Waals surface area contributed by atoms with E-state index in [2.05, 4.69) is 0 Å². The fourth-order valence-electron chi connectivity index (χ4n) is 1.25. The molecule has 1 atom stereocenters. The van der Waals surface area contributed by atoms with Crippen molar-refractivity contribution in [3.63, 3.8) is 0 Å². The van der Waals surface area contributed by atoms with Gasteiger partial charge in [0.1, 0.15) is 0 Å². The Balaban J connectivity index is 2.69. The number of hydrogen-bond donors (Lipinski definition) is 1. The first-order chi connectivity index (χ1) is 6.63. The van der Waals surface area contributed by atoms with Crippen LogP contribution < -0.4 is 10.5 Å². The molecule has 0 bridgehead atoms. The van der Waals surface area contributed by atoms with Crippen molar-refractivity contribution in [2.75, 3.05) is 7.11 Å². The molecule has 0 saturated heterocycles. The highest BCUT2D eigenvalue weighted by Gasteiger charge is 2.03. The first kappa shape index (κ1) is 11.0. The van der Waals surface area contributed by atoms with E-state index in [1.807, 2.05) is 6.92 Å². The molecular weight excluding hydrogens is 181 g/mol. The Morgan fingerprint density at radius 1 is 1.50 bits per heavy atom. The topological polar surface area (TPSA) is 35.2 Å². The van der Waals surface area contributed by atoms with Gasteiger partial charge in [-0.25, -0.2) is 4.39 Å². The van der Waals surface area contributed by atoms with Gasteiger partial charge < -0.3 is 10.5 Å². The van der Waals surface area contributed by atoms with Crippen LogP contribution in [0.2, 0.25) is 0 Å². The highest BCUT2D eigenvalue weighted by Crippen LogP contribution is 2.19. The average molecular weight is 197 g/mol. The van der Waals surface area contributed by atoms with E-state index in [0.29, 0.717) is 5.75 Å². The molecule has 0 radical (unpaired) electrons. The Kier molecular flexibility index (Phi) is 3.89. The minimum absolute atomic E-state index is 0.172. The molecule has 1 aromatic carbocycles. The van der Waals surface area contributed by atoms with Crippen LogP contribution in [-0.4, -0.2) is 13.2 Å². The van der Waals surface area contributed by atoms with Gasteiger partial charge >= 0.3 is 0 Å². The molecule has 2 N–H and O–H groups in total. The molecule has 0 aliphatic heterocycles. The van der Waals surface area contributed by atoms with Crippen LogP contribution >= 0.6 is 0 Å². The molecule has 1 aromatic rings. The summed E-state index contributed by atoms with van der Waals surface area (Å²) in [5.41, 5.74) is 6.69. The SMILES string of the molecule is COc1cc(CC[C@@H](C)N)ccc1F. The number of benzene rings is 1. The normalized spacial score (nSPS) is 12.6. The van der Waals surface area contributed by atoms with Gasteiger partial charge in [0.25, 0.3) is 0 Å². The molecule has 3 heteroatoms. The summed E-state index contributed by atoms with van der Waals surface area (Å²) in [5, 5.41) is 0. The Labute approximate surface area is 83.9 Å². The van der Waals surface area contributed by atoms with Crippen molar-refractivity contribution >= 4 is 0 Å². The first-order valence-corrected chi connectivity index (χ1v) is 4.71. The molecular formula is C11H16FNO.